The lowest BCUT2D eigenvalue weighted by Crippen LogP contribution is -1.81. The van der Waals surface area contributed by atoms with Crippen molar-refractivity contribution >= 4 is 28.4 Å². The number of thioether (sulfide) groups is 1. The van der Waals surface area contributed by atoms with Crippen molar-refractivity contribution in [1.29, 1.82) is 0 Å². The van der Waals surface area contributed by atoms with E-state index in [1.54, 1.807) is 5.51 Å². The van der Waals surface area contributed by atoms with Gasteiger partial charge in [0.05, 0.1) is 0 Å². The molecule has 1 aromatic heterocycles. The Balaban J connectivity index is 2.58. The summed E-state index contributed by atoms with van der Waals surface area (Å²) in [6, 6.07) is 0. The summed E-state index contributed by atoms with van der Waals surface area (Å²) in [7, 11) is 0. The van der Waals surface area contributed by atoms with E-state index in [0.29, 0.717) is 5.16 Å². The lowest BCUT2D eigenvalue weighted by atomic mass is 10.9. The Morgan fingerprint density at radius 1 is 1.89 bits per heavy atom. The average Bonchev–Trinajstić information content (AvgIpc) is 2.15. The number of nitrogens with zero attached hydrogens (tertiary/aromatic N) is 2. The minimum absolute atomic E-state index is 0.0217. The monoisotopic (exact) mass is 160 g/mol. The quantitative estimate of drug-likeness (QED) is 0.578. The first kappa shape index (κ1) is 6.70. The zero-order chi connectivity index (χ0) is 6.69. The van der Waals surface area contributed by atoms with Gasteiger partial charge in [0.1, 0.15) is 5.51 Å². The highest BCUT2D eigenvalue weighted by atomic mass is 32.2. The lowest BCUT2D eigenvalue weighted by Gasteiger charge is -1.82. The summed E-state index contributed by atoms with van der Waals surface area (Å²) in [6.07, 6.45) is 0. The molecule has 0 N–H and O–H groups in total. The summed E-state index contributed by atoms with van der Waals surface area (Å²) in [5, 5.41) is 0.570. The first-order valence-electron chi connectivity index (χ1n) is 2.24. The van der Waals surface area contributed by atoms with Gasteiger partial charge >= 0.3 is 0 Å². The largest absolute Gasteiger partial charge is 0.287 e. The Hall–Kier alpha value is -0.420. The van der Waals surface area contributed by atoms with Crippen LogP contribution in [0.1, 0.15) is 6.92 Å². The first-order chi connectivity index (χ1) is 4.29. The van der Waals surface area contributed by atoms with Crippen LogP contribution in [0.2, 0.25) is 0 Å². The average molecular weight is 160 g/mol. The molecule has 9 heavy (non-hydrogen) atoms. The van der Waals surface area contributed by atoms with Gasteiger partial charge in [-0.2, -0.15) is 4.37 Å². The van der Waals surface area contributed by atoms with Crippen LogP contribution >= 0.6 is 23.3 Å². The first-order valence-corrected chi connectivity index (χ1v) is 3.89. The molecule has 1 rings (SSSR count). The van der Waals surface area contributed by atoms with E-state index in [2.05, 4.69) is 9.36 Å². The van der Waals surface area contributed by atoms with Gasteiger partial charge in [0.25, 0.3) is 0 Å². The Bertz CT molecular complexity index is 196. The van der Waals surface area contributed by atoms with Gasteiger partial charge in [-0.05, 0) is 23.3 Å². The highest BCUT2D eigenvalue weighted by molar-refractivity contribution is 8.13. The van der Waals surface area contributed by atoms with E-state index in [-0.39, 0.29) is 5.12 Å². The van der Waals surface area contributed by atoms with Crippen LogP contribution in [0, 0.1) is 0 Å². The Kier molecular flexibility index (Phi) is 2.18. The zero-order valence-corrected chi connectivity index (χ0v) is 6.33. The molecular formula is C4H4N2OS2. The highest BCUT2D eigenvalue weighted by Gasteiger charge is 1.99. The van der Waals surface area contributed by atoms with Crippen LogP contribution in [0.4, 0.5) is 0 Å². The summed E-state index contributed by atoms with van der Waals surface area (Å²) in [5.74, 6) is 0. The maximum atomic E-state index is 10.4. The minimum atomic E-state index is 0.0217. The second kappa shape index (κ2) is 2.93. The summed E-state index contributed by atoms with van der Waals surface area (Å²) < 4.78 is 3.83. The molecule has 0 aliphatic carbocycles. The van der Waals surface area contributed by atoms with Crippen LogP contribution in [0.25, 0.3) is 0 Å². The molecular weight excluding hydrogens is 156 g/mol. The molecule has 48 valence electrons. The van der Waals surface area contributed by atoms with Crippen molar-refractivity contribution in [3.05, 3.63) is 5.51 Å². The number of hydrogen-bond donors (Lipinski definition) is 0. The number of aromatic nitrogens is 2. The van der Waals surface area contributed by atoms with Gasteiger partial charge in [-0.3, -0.25) is 4.79 Å². The van der Waals surface area contributed by atoms with Crippen LogP contribution in [-0.2, 0) is 4.79 Å². The van der Waals surface area contributed by atoms with Gasteiger partial charge < -0.3 is 0 Å². The molecule has 0 unspecified atom stereocenters. The molecule has 5 heteroatoms. The molecule has 1 heterocycles. The van der Waals surface area contributed by atoms with Gasteiger partial charge in [-0.1, -0.05) is 0 Å². The van der Waals surface area contributed by atoms with Crippen molar-refractivity contribution in [3.8, 4) is 0 Å². The predicted molar refractivity (Wildman–Crippen MR) is 36.4 cm³/mol. The van der Waals surface area contributed by atoms with Crippen molar-refractivity contribution in [2.24, 2.45) is 0 Å². The highest BCUT2D eigenvalue weighted by Crippen LogP contribution is 2.12. The van der Waals surface area contributed by atoms with Gasteiger partial charge in [0.15, 0.2) is 5.12 Å². The number of carbonyl (C=O) groups excluding carboxylic acids is 1. The van der Waals surface area contributed by atoms with E-state index in [0.717, 1.165) is 11.8 Å². The maximum absolute atomic E-state index is 10.4. The predicted octanol–water partition coefficient (Wildman–Crippen LogP) is 1.18. The molecule has 0 bridgehead atoms. The second-order valence-corrected chi connectivity index (χ2v) is 3.06. The minimum Gasteiger partial charge on any atom is -0.287 e. The molecule has 0 saturated heterocycles. The summed E-state index contributed by atoms with van der Waals surface area (Å²) in [6.45, 7) is 1.49. The third kappa shape index (κ3) is 2.11. The fraction of sp³-hybridized carbons (Fsp3) is 0.250. The van der Waals surface area contributed by atoms with Crippen molar-refractivity contribution in [1.82, 2.24) is 9.36 Å². The third-order valence-electron chi connectivity index (χ3n) is 0.576. The molecule has 0 fully saturated rings. The molecule has 0 radical (unpaired) electrons. The van der Waals surface area contributed by atoms with Gasteiger partial charge in [-0.15, -0.1) is 0 Å². The van der Waals surface area contributed by atoms with Gasteiger partial charge in [0.2, 0.25) is 5.16 Å². The van der Waals surface area contributed by atoms with Crippen LogP contribution in [0.3, 0.4) is 0 Å². The number of rotatable bonds is 1. The van der Waals surface area contributed by atoms with E-state index in [4.69, 9.17) is 0 Å². The Morgan fingerprint density at radius 3 is 3.11 bits per heavy atom. The van der Waals surface area contributed by atoms with Crippen LogP contribution in [0.15, 0.2) is 10.7 Å². The van der Waals surface area contributed by atoms with E-state index >= 15 is 0 Å². The maximum Gasteiger partial charge on any atom is 0.207 e. The molecule has 0 saturated carbocycles. The number of hydrogen-bond acceptors (Lipinski definition) is 5. The van der Waals surface area contributed by atoms with E-state index in [9.17, 15) is 4.79 Å². The van der Waals surface area contributed by atoms with Crippen molar-refractivity contribution in [2.45, 2.75) is 12.1 Å². The van der Waals surface area contributed by atoms with Crippen LogP contribution < -0.4 is 0 Å². The standard InChI is InChI=1S/C4H4N2OS2/c1-3(7)9-4-5-2-8-6-4/h2H,1H3. The fourth-order valence-corrected chi connectivity index (χ4v) is 1.37. The van der Waals surface area contributed by atoms with Crippen LogP contribution in [0.5, 0.6) is 0 Å². The number of carbonyl (C=O) groups is 1. The topological polar surface area (TPSA) is 42.9 Å². The summed E-state index contributed by atoms with van der Waals surface area (Å²) in [5.41, 5.74) is 1.60. The second-order valence-electron chi connectivity index (χ2n) is 1.31. The normalized spacial score (nSPS) is 9.44. The van der Waals surface area contributed by atoms with E-state index in [1.807, 2.05) is 0 Å². The Labute approximate surface area is 60.7 Å². The summed E-state index contributed by atoms with van der Waals surface area (Å²) >= 11 is 2.30. The van der Waals surface area contributed by atoms with Crippen molar-refractivity contribution < 1.29 is 4.79 Å². The van der Waals surface area contributed by atoms with E-state index in [1.165, 1.54) is 18.5 Å². The van der Waals surface area contributed by atoms with Crippen molar-refractivity contribution in [3.63, 3.8) is 0 Å². The Morgan fingerprint density at radius 2 is 2.67 bits per heavy atom. The molecule has 0 atom stereocenters. The fourth-order valence-electron chi connectivity index (χ4n) is 0.334. The van der Waals surface area contributed by atoms with Crippen molar-refractivity contribution in [2.75, 3.05) is 0 Å². The SMILES string of the molecule is CC(=O)Sc1ncsn1. The molecule has 0 aliphatic heterocycles. The molecule has 3 nitrogen and oxygen atoms in total. The van der Waals surface area contributed by atoms with Gasteiger partial charge in [0, 0.05) is 6.92 Å². The zero-order valence-electron chi connectivity index (χ0n) is 4.70. The lowest BCUT2D eigenvalue weighted by molar-refractivity contribution is -0.109. The summed E-state index contributed by atoms with van der Waals surface area (Å²) in [4.78, 5) is 14.2. The smallest absolute Gasteiger partial charge is 0.207 e. The molecule has 1 aromatic rings. The van der Waals surface area contributed by atoms with E-state index < -0.39 is 0 Å². The molecule has 0 aromatic carbocycles. The van der Waals surface area contributed by atoms with Crippen LogP contribution in [-0.4, -0.2) is 14.5 Å². The molecule has 0 spiro atoms. The molecule has 0 amide bonds. The molecule has 0 aliphatic rings. The van der Waals surface area contributed by atoms with Gasteiger partial charge in [-0.25, -0.2) is 4.98 Å². The third-order valence-corrected chi connectivity index (χ3v) is 1.84.